The molecule has 0 atom stereocenters. The summed E-state index contributed by atoms with van der Waals surface area (Å²) in [5.41, 5.74) is 0. The van der Waals surface area contributed by atoms with Gasteiger partial charge in [0.15, 0.2) is 5.96 Å². The number of rotatable bonds is 8. The van der Waals surface area contributed by atoms with Gasteiger partial charge in [0, 0.05) is 35.8 Å². The number of thiophene rings is 1. The van der Waals surface area contributed by atoms with Crippen molar-refractivity contribution in [3.8, 4) is 0 Å². The molecule has 0 saturated heterocycles. The maximum Gasteiger partial charge on any atom is 0.220 e. The maximum absolute atomic E-state index is 11.9. The second-order valence-electron chi connectivity index (χ2n) is 6.34. The summed E-state index contributed by atoms with van der Waals surface area (Å²) in [6, 6.07) is 4.24. The predicted molar refractivity (Wildman–Crippen MR) is 117 cm³/mol. The van der Waals surface area contributed by atoms with E-state index in [1.807, 2.05) is 0 Å². The number of aliphatic imine (C=N–C) groups is 1. The van der Waals surface area contributed by atoms with Gasteiger partial charge in [0.2, 0.25) is 5.91 Å². The van der Waals surface area contributed by atoms with E-state index in [1.54, 1.807) is 11.3 Å². The highest BCUT2D eigenvalue weighted by Gasteiger charge is 2.17. The standard InChI is InChI=1S/C18H30N4OS.HI/c1-3-19-18(22-13-16-9-8-14(2)24-16)21-11-10-20-17(23)12-15-6-4-5-7-15;/h8-9,15H,3-7,10-13H2,1-2H3,(H,20,23)(H2,19,21,22);1H. The van der Waals surface area contributed by atoms with Gasteiger partial charge in [-0.2, -0.15) is 0 Å². The molecule has 3 N–H and O–H groups in total. The van der Waals surface area contributed by atoms with Gasteiger partial charge in [0.1, 0.15) is 0 Å². The molecule has 0 bridgehead atoms. The average molecular weight is 478 g/mol. The van der Waals surface area contributed by atoms with Gasteiger partial charge in [-0.15, -0.1) is 35.3 Å². The van der Waals surface area contributed by atoms with Crippen LogP contribution in [0.15, 0.2) is 17.1 Å². The van der Waals surface area contributed by atoms with Crippen LogP contribution in [0.1, 0.15) is 48.8 Å². The highest BCUT2D eigenvalue weighted by atomic mass is 127. The van der Waals surface area contributed by atoms with Crippen molar-refractivity contribution in [3.05, 3.63) is 21.9 Å². The molecule has 1 aliphatic carbocycles. The topological polar surface area (TPSA) is 65.5 Å². The first kappa shape index (κ1) is 22.2. The van der Waals surface area contributed by atoms with Crippen molar-refractivity contribution in [1.82, 2.24) is 16.0 Å². The molecule has 25 heavy (non-hydrogen) atoms. The molecule has 0 aliphatic heterocycles. The lowest BCUT2D eigenvalue weighted by Crippen LogP contribution is -2.41. The largest absolute Gasteiger partial charge is 0.357 e. The van der Waals surface area contributed by atoms with Gasteiger partial charge in [-0.3, -0.25) is 4.79 Å². The van der Waals surface area contributed by atoms with E-state index in [4.69, 9.17) is 0 Å². The molecular formula is C18H31IN4OS. The third-order valence-corrected chi connectivity index (χ3v) is 5.21. The Balaban J connectivity index is 0.00000312. The molecule has 1 aromatic heterocycles. The molecule has 142 valence electrons. The summed E-state index contributed by atoms with van der Waals surface area (Å²) in [4.78, 5) is 19.1. The Morgan fingerprint density at radius 1 is 1.20 bits per heavy atom. The Bertz CT molecular complexity index is 541. The van der Waals surface area contributed by atoms with Crippen molar-refractivity contribution in [2.24, 2.45) is 10.9 Å². The second kappa shape index (κ2) is 12.5. The quantitative estimate of drug-likeness (QED) is 0.232. The van der Waals surface area contributed by atoms with E-state index in [-0.39, 0.29) is 29.9 Å². The maximum atomic E-state index is 11.9. The molecule has 1 amide bonds. The first-order valence-corrected chi connectivity index (χ1v) is 9.83. The molecule has 1 saturated carbocycles. The Kier molecular flexibility index (Phi) is 11.1. The van der Waals surface area contributed by atoms with E-state index in [0.717, 1.165) is 12.5 Å². The zero-order valence-corrected chi connectivity index (χ0v) is 18.4. The Morgan fingerprint density at radius 3 is 2.56 bits per heavy atom. The van der Waals surface area contributed by atoms with Crippen molar-refractivity contribution in [2.45, 2.75) is 52.5 Å². The van der Waals surface area contributed by atoms with E-state index in [2.05, 4.69) is 46.9 Å². The van der Waals surface area contributed by atoms with E-state index >= 15 is 0 Å². The van der Waals surface area contributed by atoms with Crippen LogP contribution >= 0.6 is 35.3 Å². The van der Waals surface area contributed by atoms with Crippen LogP contribution in [0.3, 0.4) is 0 Å². The highest BCUT2D eigenvalue weighted by molar-refractivity contribution is 14.0. The fourth-order valence-corrected chi connectivity index (χ4v) is 3.82. The Labute approximate surface area is 172 Å². The number of aryl methyl sites for hydroxylation is 1. The van der Waals surface area contributed by atoms with Crippen LogP contribution in [-0.4, -0.2) is 31.5 Å². The summed E-state index contributed by atoms with van der Waals surface area (Å²) in [6.07, 6.45) is 5.68. The fourth-order valence-electron chi connectivity index (χ4n) is 3.00. The molecule has 1 fully saturated rings. The minimum absolute atomic E-state index is 0. The summed E-state index contributed by atoms with van der Waals surface area (Å²) in [6.45, 7) is 6.98. The molecule has 0 radical (unpaired) electrons. The first-order valence-electron chi connectivity index (χ1n) is 9.01. The normalized spacial score (nSPS) is 14.9. The van der Waals surface area contributed by atoms with Crippen LogP contribution in [0.4, 0.5) is 0 Å². The summed E-state index contributed by atoms with van der Waals surface area (Å²) in [5.74, 6) is 1.58. The predicted octanol–water partition coefficient (Wildman–Crippen LogP) is 3.43. The van der Waals surface area contributed by atoms with Crippen LogP contribution in [0.25, 0.3) is 0 Å². The number of carbonyl (C=O) groups is 1. The van der Waals surface area contributed by atoms with Crippen LogP contribution in [0, 0.1) is 12.8 Å². The number of guanidine groups is 1. The molecule has 7 heteroatoms. The van der Waals surface area contributed by atoms with Crippen molar-refractivity contribution in [1.29, 1.82) is 0 Å². The van der Waals surface area contributed by atoms with Crippen molar-refractivity contribution in [3.63, 3.8) is 0 Å². The first-order chi connectivity index (χ1) is 11.7. The van der Waals surface area contributed by atoms with Crippen LogP contribution in [0.2, 0.25) is 0 Å². The van der Waals surface area contributed by atoms with Gasteiger partial charge in [-0.25, -0.2) is 4.99 Å². The van der Waals surface area contributed by atoms with Crippen molar-refractivity contribution < 1.29 is 4.79 Å². The van der Waals surface area contributed by atoms with Crippen LogP contribution < -0.4 is 16.0 Å². The van der Waals surface area contributed by atoms with Crippen molar-refractivity contribution in [2.75, 3.05) is 19.6 Å². The second-order valence-corrected chi connectivity index (χ2v) is 7.71. The van der Waals surface area contributed by atoms with E-state index in [9.17, 15) is 4.79 Å². The molecule has 1 heterocycles. The van der Waals surface area contributed by atoms with Gasteiger partial charge in [0.05, 0.1) is 6.54 Å². The molecule has 0 spiro atoms. The minimum atomic E-state index is 0. The lowest BCUT2D eigenvalue weighted by molar-refractivity contribution is -0.121. The van der Waals surface area contributed by atoms with Gasteiger partial charge >= 0.3 is 0 Å². The molecule has 2 rings (SSSR count). The molecule has 5 nitrogen and oxygen atoms in total. The van der Waals surface area contributed by atoms with E-state index in [0.29, 0.717) is 32.0 Å². The van der Waals surface area contributed by atoms with Gasteiger partial charge < -0.3 is 16.0 Å². The summed E-state index contributed by atoms with van der Waals surface area (Å²) >= 11 is 1.78. The van der Waals surface area contributed by atoms with E-state index < -0.39 is 0 Å². The van der Waals surface area contributed by atoms with Crippen LogP contribution in [-0.2, 0) is 11.3 Å². The monoisotopic (exact) mass is 478 g/mol. The lowest BCUT2D eigenvalue weighted by atomic mass is 10.0. The molecule has 0 aromatic carbocycles. The smallest absolute Gasteiger partial charge is 0.220 e. The SMILES string of the molecule is CCNC(=NCc1ccc(C)s1)NCCNC(=O)CC1CCCC1.I. The molecular weight excluding hydrogens is 447 g/mol. The van der Waals surface area contributed by atoms with Gasteiger partial charge in [-0.1, -0.05) is 12.8 Å². The van der Waals surface area contributed by atoms with Crippen LogP contribution in [0.5, 0.6) is 0 Å². The Hall–Kier alpha value is -0.830. The lowest BCUT2D eigenvalue weighted by Gasteiger charge is -2.12. The number of hydrogen-bond donors (Lipinski definition) is 3. The number of halogens is 1. The summed E-state index contributed by atoms with van der Waals surface area (Å²) in [7, 11) is 0. The number of nitrogens with zero attached hydrogens (tertiary/aromatic N) is 1. The Morgan fingerprint density at radius 2 is 1.92 bits per heavy atom. The van der Waals surface area contributed by atoms with E-state index in [1.165, 1.54) is 35.4 Å². The third kappa shape index (κ3) is 8.89. The summed E-state index contributed by atoms with van der Waals surface area (Å²) < 4.78 is 0. The van der Waals surface area contributed by atoms with Gasteiger partial charge in [-0.05, 0) is 44.7 Å². The molecule has 0 unspecified atom stereocenters. The average Bonchev–Trinajstić information content (AvgIpc) is 3.20. The number of carbonyl (C=O) groups excluding carboxylic acids is 1. The molecule has 1 aromatic rings. The zero-order valence-electron chi connectivity index (χ0n) is 15.3. The summed E-state index contributed by atoms with van der Waals surface area (Å²) in [5, 5.41) is 9.51. The third-order valence-electron chi connectivity index (χ3n) is 4.22. The molecule has 1 aliphatic rings. The van der Waals surface area contributed by atoms with Crippen molar-refractivity contribution >= 4 is 47.2 Å². The minimum Gasteiger partial charge on any atom is -0.357 e. The van der Waals surface area contributed by atoms with Gasteiger partial charge in [0.25, 0.3) is 0 Å². The number of nitrogens with one attached hydrogen (secondary N) is 3. The number of hydrogen-bond acceptors (Lipinski definition) is 3. The zero-order chi connectivity index (χ0) is 17.2. The fraction of sp³-hybridized carbons (Fsp3) is 0.667. The highest BCUT2D eigenvalue weighted by Crippen LogP contribution is 2.27. The number of amides is 1.